The minimum absolute atomic E-state index is 0.128. The van der Waals surface area contributed by atoms with Gasteiger partial charge in [0.05, 0.1) is 0 Å². The Labute approximate surface area is 125 Å². The average molecular weight is 301 g/mol. The van der Waals surface area contributed by atoms with Crippen molar-refractivity contribution in [3.8, 4) is 5.75 Å². The maximum absolute atomic E-state index is 12.1. The van der Waals surface area contributed by atoms with E-state index in [1.54, 1.807) is 24.3 Å². The fourth-order valence-corrected chi connectivity index (χ4v) is 2.34. The highest BCUT2D eigenvalue weighted by molar-refractivity contribution is 5.28. The topological polar surface area (TPSA) is 41.5 Å². The first-order valence-electron chi connectivity index (χ1n) is 7.45. The first kappa shape index (κ1) is 17.9. The van der Waals surface area contributed by atoms with Crippen LogP contribution < -0.4 is 10.1 Å². The highest BCUT2D eigenvalue weighted by Gasteiger charge is 2.11. The molecule has 120 valence electrons. The maximum Gasteiger partial charge on any atom is 0.387 e. The SMILES string of the molecule is CCCC(CCO)CNC(C)c1ccc(OC(F)F)cc1. The highest BCUT2D eigenvalue weighted by atomic mass is 19.3. The predicted molar refractivity (Wildman–Crippen MR) is 79.6 cm³/mol. The molecule has 0 fully saturated rings. The standard InChI is InChI=1S/C16H25F2NO2/c1-3-4-13(9-10-20)11-19-12(2)14-5-7-15(8-6-14)21-16(17)18/h5-8,12-13,16,19-20H,3-4,9-11H2,1-2H3. The van der Waals surface area contributed by atoms with Crippen LogP contribution in [-0.2, 0) is 0 Å². The molecule has 0 aliphatic rings. The molecule has 0 aliphatic heterocycles. The van der Waals surface area contributed by atoms with Crippen molar-refractivity contribution in [2.45, 2.75) is 45.8 Å². The molecule has 1 aromatic rings. The zero-order valence-electron chi connectivity index (χ0n) is 12.7. The van der Waals surface area contributed by atoms with Gasteiger partial charge in [0.15, 0.2) is 0 Å². The Morgan fingerprint density at radius 2 is 1.86 bits per heavy atom. The van der Waals surface area contributed by atoms with Crippen molar-refractivity contribution in [2.75, 3.05) is 13.2 Å². The molecule has 1 rings (SSSR count). The van der Waals surface area contributed by atoms with Gasteiger partial charge in [-0.15, -0.1) is 0 Å². The second-order valence-corrected chi connectivity index (χ2v) is 5.24. The summed E-state index contributed by atoms with van der Waals surface area (Å²) in [7, 11) is 0. The third-order valence-electron chi connectivity index (χ3n) is 3.55. The van der Waals surface area contributed by atoms with Gasteiger partial charge in [0.2, 0.25) is 0 Å². The number of benzene rings is 1. The zero-order chi connectivity index (χ0) is 15.7. The summed E-state index contributed by atoms with van der Waals surface area (Å²) in [4.78, 5) is 0. The number of ether oxygens (including phenoxy) is 1. The van der Waals surface area contributed by atoms with Gasteiger partial charge in [0, 0.05) is 12.6 Å². The van der Waals surface area contributed by atoms with Crippen molar-refractivity contribution in [1.29, 1.82) is 0 Å². The molecule has 0 aliphatic carbocycles. The van der Waals surface area contributed by atoms with Gasteiger partial charge in [0.1, 0.15) is 5.75 Å². The van der Waals surface area contributed by atoms with Gasteiger partial charge in [-0.3, -0.25) is 0 Å². The molecule has 3 nitrogen and oxygen atoms in total. The summed E-state index contributed by atoms with van der Waals surface area (Å²) in [6.07, 6.45) is 2.98. The summed E-state index contributed by atoms with van der Waals surface area (Å²) in [6.45, 7) is 2.42. The predicted octanol–water partition coefficient (Wildman–Crippen LogP) is 3.74. The molecule has 0 amide bonds. The molecule has 0 saturated carbocycles. The van der Waals surface area contributed by atoms with E-state index in [2.05, 4.69) is 17.0 Å². The molecule has 0 bridgehead atoms. The summed E-state index contributed by atoms with van der Waals surface area (Å²) in [5.74, 6) is 0.633. The van der Waals surface area contributed by atoms with E-state index in [1.165, 1.54) is 0 Å². The van der Waals surface area contributed by atoms with E-state index in [0.29, 0.717) is 5.92 Å². The molecule has 0 saturated heterocycles. The molecule has 0 aromatic heterocycles. The van der Waals surface area contributed by atoms with E-state index < -0.39 is 6.61 Å². The first-order valence-corrected chi connectivity index (χ1v) is 7.45. The van der Waals surface area contributed by atoms with Crippen molar-refractivity contribution in [2.24, 2.45) is 5.92 Å². The van der Waals surface area contributed by atoms with Gasteiger partial charge >= 0.3 is 6.61 Å². The molecule has 0 radical (unpaired) electrons. The molecule has 0 spiro atoms. The molecular weight excluding hydrogens is 276 g/mol. The second kappa shape index (κ2) is 9.68. The van der Waals surface area contributed by atoms with Crippen LogP contribution in [-0.4, -0.2) is 24.9 Å². The minimum Gasteiger partial charge on any atom is -0.435 e. The fourth-order valence-electron chi connectivity index (χ4n) is 2.34. The zero-order valence-corrected chi connectivity index (χ0v) is 12.7. The summed E-state index contributed by atoms with van der Waals surface area (Å²) in [5, 5.41) is 12.5. The minimum atomic E-state index is -2.79. The number of rotatable bonds is 10. The van der Waals surface area contributed by atoms with E-state index in [-0.39, 0.29) is 18.4 Å². The van der Waals surface area contributed by atoms with Crippen LogP contribution in [0.5, 0.6) is 5.75 Å². The Bertz CT molecular complexity index is 378. The summed E-state index contributed by atoms with van der Waals surface area (Å²) in [5.41, 5.74) is 1.02. The van der Waals surface area contributed by atoms with Gasteiger partial charge in [0.25, 0.3) is 0 Å². The van der Waals surface area contributed by atoms with Gasteiger partial charge in [-0.2, -0.15) is 8.78 Å². The first-order chi connectivity index (χ1) is 10.1. The number of aliphatic hydroxyl groups is 1. The maximum atomic E-state index is 12.1. The van der Waals surface area contributed by atoms with Crippen molar-refractivity contribution >= 4 is 0 Å². The number of nitrogens with one attached hydrogen (secondary N) is 1. The number of aliphatic hydroxyl groups excluding tert-OH is 1. The monoisotopic (exact) mass is 301 g/mol. The quantitative estimate of drug-likeness (QED) is 0.692. The van der Waals surface area contributed by atoms with Crippen LogP contribution >= 0.6 is 0 Å². The van der Waals surface area contributed by atoms with Crippen molar-refractivity contribution < 1.29 is 18.6 Å². The summed E-state index contributed by atoms with van der Waals surface area (Å²) < 4.78 is 28.5. The van der Waals surface area contributed by atoms with E-state index in [0.717, 1.165) is 31.4 Å². The molecule has 0 heterocycles. The van der Waals surface area contributed by atoms with Crippen LogP contribution in [0.1, 0.15) is 44.7 Å². The van der Waals surface area contributed by atoms with Gasteiger partial charge < -0.3 is 15.2 Å². The average Bonchev–Trinajstić information content (AvgIpc) is 2.45. The van der Waals surface area contributed by atoms with Crippen molar-refractivity contribution in [3.05, 3.63) is 29.8 Å². The number of alkyl halides is 2. The largest absolute Gasteiger partial charge is 0.435 e. The third kappa shape index (κ3) is 6.87. The molecular formula is C16H25F2NO2. The van der Waals surface area contributed by atoms with E-state index in [4.69, 9.17) is 5.11 Å². The highest BCUT2D eigenvalue weighted by Crippen LogP contribution is 2.20. The van der Waals surface area contributed by atoms with E-state index >= 15 is 0 Å². The Hall–Kier alpha value is -1.20. The fraction of sp³-hybridized carbons (Fsp3) is 0.625. The van der Waals surface area contributed by atoms with Gasteiger partial charge in [-0.25, -0.2) is 0 Å². The van der Waals surface area contributed by atoms with E-state index in [1.807, 2.05) is 6.92 Å². The summed E-state index contributed by atoms with van der Waals surface area (Å²) in [6, 6.07) is 6.81. The normalized spacial score (nSPS) is 14.2. The smallest absolute Gasteiger partial charge is 0.387 e. The molecule has 21 heavy (non-hydrogen) atoms. The van der Waals surface area contributed by atoms with Gasteiger partial charge in [-0.1, -0.05) is 25.5 Å². The lowest BCUT2D eigenvalue weighted by Gasteiger charge is -2.20. The van der Waals surface area contributed by atoms with E-state index in [9.17, 15) is 8.78 Å². The lowest BCUT2D eigenvalue weighted by molar-refractivity contribution is -0.0498. The van der Waals surface area contributed by atoms with Crippen molar-refractivity contribution in [1.82, 2.24) is 5.32 Å². The number of hydrogen-bond donors (Lipinski definition) is 2. The van der Waals surface area contributed by atoms with Gasteiger partial charge in [-0.05, 0) is 49.9 Å². The number of halogens is 2. The van der Waals surface area contributed by atoms with Crippen LogP contribution in [0.4, 0.5) is 8.78 Å². The molecule has 2 atom stereocenters. The lowest BCUT2D eigenvalue weighted by Crippen LogP contribution is -2.26. The van der Waals surface area contributed by atoms with Crippen LogP contribution in [0, 0.1) is 5.92 Å². The molecule has 1 aromatic carbocycles. The van der Waals surface area contributed by atoms with Crippen LogP contribution in [0.25, 0.3) is 0 Å². The summed E-state index contributed by atoms with van der Waals surface area (Å²) >= 11 is 0. The Morgan fingerprint density at radius 1 is 1.19 bits per heavy atom. The number of hydrogen-bond acceptors (Lipinski definition) is 3. The van der Waals surface area contributed by atoms with Crippen molar-refractivity contribution in [3.63, 3.8) is 0 Å². The van der Waals surface area contributed by atoms with Crippen LogP contribution in [0.3, 0.4) is 0 Å². The molecule has 2 unspecified atom stereocenters. The molecule has 5 heteroatoms. The lowest BCUT2D eigenvalue weighted by atomic mass is 9.99. The Kier molecular flexibility index (Phi) is 8.23. The molecule has 2 N–H and O–H groups in total. The third-order valence-corrected chi connectivity index (χ3v) is 3.55. The van der Waals surface area contributed by atoms with Crippen LogP contribution in [0.15, 0.2) is 24.3 Å². The second-order valence-electron chi connectivity index (χ2n) is 5.24. The Morgan fingerprint density at radius 3 is 2.38 bits per heavy atom. The Balaban J connectivity index is 2.48. The van der Waals surface area contributed by atoms with Crippen LogP contribution in [0.2, 0.25) is 0 Å².